The normalized spacial score (nSPS) is 16.0. The molecule has 0 bridgehead atoms. The van der Waals surface area contributed by atoms with Gasteiger partial charge in [0.1, 0.15) is 0 Å². The molecule has 1 atom stereocenters. The van der Waals surface area contributed by atoms with E-state index in [0.29, 0.717) is 24.3 Å². The average Bonchev–Trinajstić information content (AvgIpc) is 3.24. The van der Waals surface area contributed by atoms with E-state index in [-0.39, 0.29) is 35.2 Å². The minimum atomic E-state index is -4.38. The number of hydrogen-bond donors (Lipinski definition) is 1. The molecule has 0 saturated carbocycles. The zero-order valence-electron chi connectivity index (χ0n) is 21.2. The number of hydrogen-bond acceptors (Lipinski definition) is 7. The van der Waals surface area contributed by atoms with Crippen molar-refractivity contribution in [1.82, 2.24) is 25.4 Å². The number of pyridine rings is 1. The van der Waals surface area contributed by atoms with Crippen LogP contribution < -0.4 is 5.32 Å². The van der Waals surface area contributed by atoms with Gasteiger partial charge in [0.05, 0.1) is 40.9 Å². The number of fused-ring (bicyclic) bond motifs is 1. The van der Waals surface area contributed by atoms with Crippen LogP contribution in [0.15, 0.2) is 53.7 Å². The number of sulfone groups is 1. The van der Waals surface area contributed by atoms with Crippen LogP contribution in [-0.4, -0.2) is 40.2 Å². The summed E-state index contributed by atoms with van der Waals surface area (Å²) in [6.07, 6.45) is -2.87. The van der Waals surface area contributed by atoms with E-state index in [2.05, 4.69) is 39.2 Å². The standard InChI is InChI=1S/C26H28F3N5O3S/c1-4-38(36,37)22-10-9-21(32-33-22)13-31-25(35)18-11-19-15-34(24(16(2)3)23(19)30-12-18)14-17-5-7-20(8-6-17)26(27,28)29/h5-12,16,24H,4,13-15H2,1-3H3,(H,31,35)/t24-/m0/s1. The van der Waals surface area contributed by atoms with E-state index in [1.54, 1.807) is 6.07 Å². The molecule has 0 spiro atoms. The third-order valence-corrected chi connectivity index (χ3v) is 8.05. The van der Waals surface area contributed by atoms with E-state index in [4.69, 9.17) is 0 Å². The molecular formula is C26H28F3N5O3S. The predicted octanol–water partition coefficient (Wildman–Crippen LogP) is 4.33. The highest BCUT2D eigenvalue weighted by Gasteiger charge is 2.35. The number of carbonyl (C=O) groups excluding carboxylic acids is 1. The molecule has 1 aliphatic rings. The molecule has 0 unspecified atom stereocenters. The number of nitrogens with one attached hydrogen (secondary N) is 1. The van der Waals surface area contributed by atoms with Crippen molar-refractivity contribution < 1.29 is 26.4 Å². The number of alkyl halides is 3. The van der Waals surface area contributed by atoms with E-state index in [0.717, 1.165) is 29.0 Å². The molecular weight excluding hydrogens is 519 g/mol. The maximum atomic E-state index is 12.9. The third-order valence-electron chi connectivity index (χ3n) is 6.43. The first-order chi connectivity index (χ1) is 17.9. The smallest absolute Gasteiger partial charge is 0.346 e. The summed E-state index contributed by atoms with van der Waals surface area (Å²) in [4.78, 5) is 19.5. The monoisotopic (exact) mass is 547 g/mol. The molecule has 0 radical (unpaired) electrons. The topological polar surface area (TPSA) is 105 Å². The van der Waals surface area contributed by atoms with E-state index >= 15 is 0 Å². The lowest BCUT2D eigenvalue weighted by Crippen LogP contribution is -2.26. The van der Waals surface area contributed by atoms with Crippen molar-refractivity contribution in [2.75, 3.05) is 5.75 Å². The number of nitrogens with zero attached hydrogens (tertiary/aromatic N) is 4. The second-order valence-corrected chi connectivity index (χ2v) is 11.7. The summed E-state index contributed by atoms with van der Waals surface area (Å²) in [6.45, 7) is 6.64. The van der Waals surface area contributed by atoms with Crippen molar-refractivity contribution in [1.29, 1.82) is 0 Å². The highest BCUT2D eigenvalue weighted by atomic mass is 32.2. The van der Waals surface area contributed by atoms with Crippen LogP contribution in [0.3, 0.4) is 0 Å². The Kier molecular flexibility index (Phi) is 7.84. The first-order valence-corrected chi connectivity index (χ1v) is 13.8. The molecule has 1 aromatic carbocycles. The summed E-state index contributed by atoms with van der Waals surface area (Å²) in [5, 5.41) is 10.3. The summed E-state index contributed by atoms with van der Waals surface area (Å²) in [5.74, 6) is -0.256. The Morgan fingerprint density at radius 3 is 2.42 bits per heavy atom. The lowest BCUT2D eigenvalue weighted by molar-refractivity contribution is -0.137. The lowest BCUT2D eigenvalue weighted by Gasteiger charge is -2.27. The fourth-order valence-corrected chi connectivity index (χ4v) is 5.22. The molecule has 0 fully saturated rings. The summed E-state index contributed by atoms with van der Waals surface area (Å²) >= 11 is 0. The van der Waals surface area contributed by atoms with Crippen LogP contribution in [0.2, 0.25) is 0 Å². The van der Waals surface area contributed by atoms with Gasteiger partial charge in [-0.25, -0.2) is 8.42 Å². The van der Waals surface area contributed by atoms with Crippen LogP contribution in [-0.2, 0) is 35.6 Å². The summed E-state index contributed by atoms with van der Waals surface area (Å²) in [7, 11) is -3.46. The van der Waals surface area contributed by atoms with Crippen LogP contribution in [0.25, 0.3) is 0 Å². The summed E-state index contributed by atoms with van der Waals surface area (Å²) < 4.78 is 62.5. The molecule has 3 heterocycles. The van der Waals surface area contributed by atoms with E-state index in [1.165, 1.54) is 37.4 Å². The molecule has 38 heavy (non-hydrogen) atoms. The maximum Gasteiger partial charge on any atom is 0.416 e. The molecule has 202 valence electrons. The molecule has 12 heteroatoms. The first kappa shape index (κ1) is 27.6. The SMILES string of the molecule is CCS(=O)(=O)c1ccc(CNC(=O)c2cnc3c(c2)CN(Cc2ccc(C(F)(F)F)cc2)[C@H]3C(C)C)nn1. The highest BCUT2D eigenvalue weighted by Crippen LogP contribution is 2.39. The molecule has 8 nitrogen and oxygen atoms in total. The highest BCUT2D eigenvalue weighted by molar-refractivity contribution is 7.91. The Labute approximate surface area is 219 Å². The minimum absolute atomic E-state index is 0.0439. The van der Waals surface area contributed by atoms with Gasteiger partial charge in [0.15, 0.2) is 14.9 Å². The molecule has 4 rings (SSSR count). The van der Waals surface area contributed by atoms with Gasteiger partial charge in [-0.05, 0) is 47.4 Å². The van der Waals surface area contributed by atoms with Crippen molar-refractivity contribution in [3.63, 3.8) is 0 Å². The molecule has 0 saturated heterocycles. The Balaban J connectivity index is 1.44. The molecule has 0 aliphatic carbocycles. The Bertz CT molecular complexity index is 1410. The number of amides is 1. The quantitative estimate of drug-likeness (QED) is 0.448. The lowest BCUT2D eigenvalue weighted by atomic mass is 9.99. The fraction of sp³-hybridized carbons (Fsp3) is 0.385. The molecule has 1 amide bonds. The predicted molar refractivity (Wildman–Crippen MR) is 133 cm³/mol. The fourth-order valence-electron chi connectivity index (χ4n) is 4.48. The average molecular weight is 548 g/mol. The largest absolute Gasteiger partial charge is 0.416 e. The van der Waals surface area contributed by atoms with Crippen LogP contribution in [0.1, 0.15) is 65.2 Å². The van der Waals surface area contributed by atoms with Crippen LogP contribution >= 0.6 is 0 Å². The van der Waals surface area contributed by atoms with Crippen molar-refractivity contribution in [3.05, 3.63) is 82.3 Å². The maximum absolute atomic E-state index is 12.9. The van der Waals surface area contributed by atoms with Gasteiger partial charge < -0.3 is 5.32 Å². The second-order valence-electron chi connectivity index (χ2n) is 9.51. The van der Waals surface area contributed by atoms with Gasteiger partial charge in [0.25, 0.3) is 5.91 Å². The zero-order chi connectivity index (χ0) is 27.7. The van der Waals surface area contributed by atoms with Gasteiger partial charge in [-0.2, -0.15) is 18.3 Å². The van der Waals surface area contributed by atoms with E-state index in [9.17, 15) is 26.4 Å². The first-order valence-electron chi connectivity index (χ1n) is 12.1. The van der Waals surface area contributed by atoms with Crippen molar-refractivity contribution >= 4 is 15.7 Å². The van der Waals surface area contributed by atoms with Gasteiger partial charge in [0, 0.05) is 19.3 Å². The molecule has 1 N–H and O–H groups in total. The van der Waals surface area contributed by atoms with Crippen molar-refractivity contribution in [3.8, 4) is 0 Å². The number of rotatable bonds is 8. The zero-order valence-corrected chi connectivity index (χ0v) is 22.0. The number of carbonyl (C=O) groups is 1. The van der Waals surface area contributed by atoms with Crippen LogP contribution in [0, 0.1) is 5.92 Å². The summed E-state index contributed by atoms with van der Waals surface area (Å²) in [5.41, 5.74) is 2.58. The van der Waals surface area contributed by atoms with Crippen molar-refractivity contribution in [2.24, 2.45) is 5.92 Å². The number of aromatic nitrogens is 3. The van der Waals surface area contributed by atoms with Crippen LogP contribution in [0.5, 0.6) is 0 Å². The molecule has 1 aliphatic heterocycles. The van der Waals surface area contributed by atoms with Gasteiger partial charge in [-0.1, -0.05) is 32.9 Å². The Morgan fingerprint density at radius 2 is 1.84 bits per heavy atom. The van der Waals surface area contributed by atoms with E-state index < -0.39 is 21.6 Å². The minimum Gasteiger partial charge on any atom is -0.346 e. The van der Waals surface area contributed by atoms with E-state index in [1.807, 2.05) is 0 Å². The van der Waals surface area contributed by atoms with Gasteiger partial charge >= 0.3 is 6.18 Å². The second kappa shape index (κ2) is 10.8. The van der Waals surface area contributed by atoms with Gasteiger partial charge in [-0.3, -0.25) is 14.7 Å². The summed E-state index contributed by atoms with van der Waals surface area (Å²) in [6, 6.07) is 9.75. The number of halogens is 3. The van der Waals surface area contributed by atoms with Gasteiger partial charge in [0.2, 0.25) is 0 Å². The molecule has 2 aromatic heterocycles. The van der Waals surface area contributed by atoms with Crippen molar-refractivity contribution in [2.45, 2.75) is 57.6 Å². The molecule has 3 aromatic rings. The van der Waals surface area contributed by atoms with Crippen LogP contribution in [0.4, 0.5) is 13.2 Å². The number of benzene rings is 1. The Hall–Kier alpha value is -3.38. The third kappa shape index (κ3) is 6.02. The Morgan fingerprint density at radius 1 is 1.13 bits per heavy atom. The van der Waals surface area contributed by atoms with Gasteiger partial charge in [-0.15, -0.1) is 5.10 Å².